The SMILES string of the molecule is CC(C)C[C@H](NC(=O)[C@H](CS)NC(=O)[C@H](CCC(N)=O)NC(=O)[C@@H](N)CCC(=O)O)C(=O)N[C@@H](CO)C(=O)N[C@@H](C)C(=O)N[C@@H](Cc1ccccc1)C(=O)N[C@H](C(=O)N[C@H](C(=O)O)C(C)C)[C@@H](C)O. The van der Waals surface area contributed by atoms with Gasteiger partial charge in [0.1, 0.15) is 48.3 Å². The van der Waals surface area contributed by atoms with E-state index in [0.717, 1.165) is 0 Å². The van der Waals surface area contributed by atoms with Gasteiger partial charge in [0.2, 0.25) is 53.2 Å². The van der Waals surface area contributed by atoms with Crippen molar-refractivity contribution in [2.75, 3.05) is 12.4 Å². The summed E-state index contributed by atoms with van der Waals surface area (Å²) in [4.78, 5) is 141. The van der Waals surface area contributed by atoms with Crippen molar-refractivity contribution in [1.82, 2.24) is 42.5 Å². The van der Waals surface area contributed by atoms with Crippen molar-refractivity contribution in [3.63, 3.8) is 0 Å². The second-order valence-electron chi connectivity index (χ2n) is 17.1. The molecule has 69 heavy (non-hydrogen) atoms. The number of aliphatic hydroxyl groups is 2. The molecule has 0 aliphatic rings. The first-order valence-electron chi connectivity index (χ1n) is 22.1. The summed E-state index contributed by atoms with van der Waals surface area (Å²) in [5, 5.41) is 58.0. The molecule has 9 amide bonds. The van der Waals surface area contributed by atoms with Gasteiger partial charge >= 0.3 is 11.9 Å². The molecular weight excluding hydrogens is 929 g/mol. The Morgan fingerprint density at radius 3 is 1.58 bits per heavy atom. The molecule has 0 heterocycles. The number of amides is 9. The Morgan fingerprint density at radius 2 is 1.07 bits per heavy atom. The van der Waals surface area contributed by atoms with Crippen LogP contribution < -0.4 is 54.0 Å². The number of thiol groups is 1. The number of nitrogens with two attached hydrogens (primary N) is 2. The van der Waals surface area contributed by atoms with Crippen molar-refractivity contribution >= 4 is 77.7 Å². The normalized spacial score (nSPS) is 15.5. The predicted octanol–water partition coefficient (Wildman–Crippen LogP) is -4.33. The van der Waals surface area contributed by atoms with E-state index in [1.807, 2.05) is 0 Å². The molecule has 386 valence electrons. The molecule has 0 aliphatic carbocycles. The lowest BCUT2D eigenvalue weighted by molar-refractivity contribution is -0.144. The highest BCUT2D eigenvalue weighted by Crippen LogP contribution is 2.10. The number of hydrogen-bond donors (Lipinski definition) is 15. The molecule has 1 aromatic rings. The van der Waals surface area contributed by atoms with Gasteiger partial charge in [-0.15, -0.1) is 0 Å². The third-order valence-corrected chi connectivity index (χ3v) is 10.6. The molecule has 0 radical (unpaired) electrons. The Balaban J connectivity index is 3.20. The first kappa shape index (κ1) is 60.6. The molecule has 0 saturated carbocycles. The van der Waals surface area contributed by atoms with Crippen molar-refractivity contribution in [1.29, 1.82) is 0 Å². The average Bonchev–Trinajstić information content (AvgIpc) is 3.27. The minimum absolute atomic E-state index is 0.0325. The molecular formula is C43H68N10O15S. The van der Waals surface area contributed by atoms with E-state index in [1.165, 1.54) is 13.8 Å². The second kappa shape index (κ2) is 30.2. The van der Waals surface area contributed by atoms with Crippen LogP contribution in [0, 0.1) is 11.8 Å². The molecule has 0 aliphatic heterocycles. The van der Waals surface area contributed by atoms with E-state index in [2.05, 4.69) is 55.2 Å². The van der Waals surface area contributed by atoms with E-state index in [9.17, 15) is 68.1 Å². The van der Waals surface area contributed by atoms with Crippen LogP contribution in [0.5, 0.6) is 0 Å². The van der Waals surface area contributed by atoms with Gasteiger partial charge in [0.05, 0.1) is 18.8 Å². The fourth-order valence-electron chi connectivity index (χ4n) is 6.30. The molecule has 0 unspecified atom stereocenters. The molecule has 1 rings (SSSR count). The highest BCUT2D eigenvalue weighted by molar-refractivity contribution is 7.80. The minimum atomic E-state index is -1.70. The number of nitrogens with one attached hydrogen (secondary N) is 8. The Hall–Kier alpha value is -6.38. The third-order valence-electron chi connectivity index (χ3n) is 10.3. The molecule has 0 spiro atoms. The molecule has 0 bridgehead atoms. The van der Waals surface area contributed by atoms with Crippen LogP contribution in [0.1, 0.15) is 79.2 Å². The number of carboxylic acid groups (broad SMARTS) is 2. The summed E-state index contributed by atoms with van der Waals surface area (Å²) < 4.78 is 0. The number of aliphatic hydroxyl groups excluding tert-OH is 2. The number of benzene rings is 1. The second-order valence-corrected chi connectivity index (χ2v) is 17.4. The van der Waals surface area contributed by atoms with Gasteiger partial charge in [-0.25, -0.2) is 4.79 Å². The van der Waals surface area contributed by atoms with Crippen molar-refractivity contribution in [2.45, 2.75) is 141 Å². The van der Waals surface area contributed by atoms with Crippen molar-refractivity contribution in [3.8, 4) is 0 Å². The molecule has 0 fully saturated rings. The average molecular weight is 997 g/mol. The smallest absolute Gasteiger partial charge is 0.326 e. The van der Waals surface area contributed by atoms with Gasteiger partial charge in [-0.2, -0.15) is 12.6 Å². The Kier molecular flexibility index (Phi) is 26.5. The summed E-state index contributed by atoms with van der Waals surface area (Å²) in [6.45, 7) is 7.93. The number of carbonyl (C=O) groups excluding carboxylic acids is 9. The summed E-state index contributed by atoms with van der Waals surface area (Å²) in [7, 11) is 0. The van der Waals surface area contributed by atoms with Crippen LogP contribution in [-0.2, 0) is 59.2 Å². The van der Waals surface area contributed by atoms with Gasteiger partial charge in [-0.1, -0.05) is 58.0 Å². The Bertz CT molecular complexity index is 1960. The van der Waals surface area contributed by atoms with Crippen LogP contribution >= 0.6 is 12.6 Å². The molecule has 1 aromatic carbocycles. The van der Waals surface area contributed by atoms with Crippen molar-refractivity contribution in [3.05, 3.63) is 35.9 Å². The van der Waals surface area contributed by atoms with Gasteiger partial charge in [0, 0.05) is 25.0 Å². The van der Waals surface area contributed by atoms with Crippen LogP contribution in [0.2, 0.25) is 0 Å². The van der Waals surface area contributed by atoms with Gasteiger partial charge in [0.25, 0.3) is 0 Å². The zero-order valence-electron chi connectivity index (χ0n) is 39.4. The van der Waals surface area contributed by atoms with Crippen LogP contribution in [0.15, 0.2) is 30.3 Å². The van der Waals surface area contributed by atoms with Gasteiger partial charge in [-0.3, -0.25) is 47.9 Å². The van der Waals surface area contributed by atoms with Gasteiger partial charge in [-0.05, 0) is 50.5 Å². The quantitative estimate of drug-likeness (QED) is 0.0313. The highest BCUT2D eigenvalue weighted by atomic mass is 32.1. The van der Waals surface area contributed by atoms with E-state index in [-0.39, 0.29) is 43.8 Å². The fourth-order valence-corrected chi connectivity index (χ4v) is 6.56. The van der Waals surface area contributed by atoms with E-state index < -0.39 is 145 Å². The first-order chi connectivity index (χ1) is 32.2. The Morgan fingerprint density at radius 1 is 0.580 bits per heavy atom. The molecule has 16 N–H and O–H groups in total. The molecule has 26 heteroatoms. The number of carboxylic acids is 2. The van der Waals surface area contributed by atoms with Gasteiger partial charge < -0.3 is 74.4 Å². The molecule has 0 saturated heterocycles. The minimum Gasteiger partial charge on any atom is -0.481 e. The summed E-state index contributed by atoms with van der Waals surface area (Å²) in [5.41, 5.74) is 11.5. The Labute approximate surface area is 404 Å². The molecule has 25 nitrogen and oxygen atoms in total. The maximum atomic E-state index is 13.7. The monoisotopic (exact) mass is 996 g/mol. The lowest BCUT2D eigenvalue weighted by Gasteiger charge is -2.28. The maximum Gasteiger partial charge on any atom is 0.326 e. The number of carbonyl (C=O) groups is 11. The highest BCUT2D eigenvalue weighted by Gasteiger charge is 2.36. The van der Waals surface area contributed by atoms with E-state index >= 15 is 0 Å². The lowest BCUT2D eigenvalue weighted by Crippen LogP contribution is -2.61. The summed E-state index contributed by atoms with van der Waals surface area (Å²) in [6, 6.07) is -4.88. The van der Waals surface area contributed by atoms with Crippen LogP contribution in [-0.4, -0.2) is 158 Å². The summed E-state index contributed by atoms with van der Waals surface area (Å²) >= 11 is 4.13. The summed E-state index contributed by atoms with van der Waals surface area (Å²) in [6.07, 6.45) is -3.13. The van der Waals surface area contributed by atoms with E-state index in [1.54, 1.807) is 58.0 Å². The first-order valence-corrected chi connectivity index (χ1v) is 22.7. The third kappa shape index (κ3) is 22.1. The van der Waals surface area contributed by atoms with Crippen LogP contribution in [0.4, 0.5) is 0 Å². The van der Waals surface area contributed by atoms with Crippen LogP contribution in [0.3, 0.4) is 0 Å². The fraction of sp³-hybridized carbons (Fsp3) is 0.605. The molecule has 0 aromatic heterocycles. The van der Waals surface area contributed by atoms with Crippen LogP contribution in [0.25, 0.3) is 0 Å². The van der Waals surface area contributed by atoms with E-state index in [4.69, 9.17) is 16.6 Å². The largest absolute Gasteiger partial charge is 0.481 e. The van der Waals surface area contributed by atoms with Gasteiger partial charge in [0.15, 0.2) is 0 Å². The lowest BCUT2D eigenvalue weighted by atomic mass is 10.0. The topological polar surface area (TPSA) is 417 Å². The maximum absolute atomic E-state index is 13.7. The molecule has 10 atom stereocenters. The zero-order chi connectivity index (χ0) is 52.7. The predicted molar refractivity (Wildman–Crippen MR) is 249 cm³/mol. The zero-order valence-corrected chi connectivity index (χ0v) is 40.2. The number of hydrogen-bond acceptors (Lipinski definition) is 15. The number of primary amides is 1. The standard InChI is InChI=1S/C43H68N10O15S/c1-20(2)16-27(49-41(65)30(19-69)51-37(61)26(13-14-31(45)56)47-36(60)25(44)12-15-32(57)58)38(62)50-29(18-54)40(64)46-22(5)35(59)48-28(17-24-10-8-7-9-11-24)39(63)53-34(23(6)55)42(66)52-33(21(3)4)43(67)68/h7-11,20-23,25-30,33-34,54-55,69H,12-19,44H2,1-6H3,(H2,45,56)(H,46,64)(H,47,60)(H,48,59)(H,49,65)(H,50,62)(H,51,61)(H,52,66)(H,53,63)(H,57,58)(H,67,68)/t22-,23+,25-,26-,27-,28-,29-,30-,33-,34-/m0/s1. The van der Waals surface area contributed by atoms with E-state index in [0.29, 0.717) is 5.56 Å². The van der Waals surface area contributed by atoms with Crippen molar-refractivity contribution in [2.24, 2.45) is 23.3 Å². The summed E-state index contributed by atoms with van der Waals surface area (Å²) in [5.74, 6) is -12.3. The van der Waals surface area contributed by atoms with Crippen molar-refractivity contribution < 1.29 is 73.2 Å². The number of aliphatic carboxylic acids is 2. The number of rotatable bonds is 31.